The molecule has 0 bridgehead atoms. The van der Waals surface area contributed by atoms with Crippen molar-refractivity contribution in [3.8, 4) is 0 Å². The van der Waals surface area contributed by atoms with Crippen molar-refractivity contribution in [1.82, 2.24) is 10.2 Å². The van der Waals surface area contributed by atoms with E-state index in [1.165, 1.54) is 0 Å². The fourth-order valence-electron chi connectivity index (χ4n) is 0.893. The first kappa shape index (κ1) is 12.0. The average Bonchev–Trinajstić information content (AvgIpc) is 1.81. The van der Waals surface area contributed by atoms with Crippen LogP contribution < -0.4 is 5.32 Å². The first-order chi connectivity index (χ1) is 5.72. The molecule has 0 saturated carbocycles. The summed E-state index contributed by atoms with van der Waals surface area (Å²) >= 11 is 0. The molecule has 3 nitrogen and oxygen atoms in total. The second-order valence-corrected chi connectivity index (χ2v) is 4.49. The van der Waals surface area contributed by atoms with Gasteiger partial charge in [0, 0.05) is 19.1 Å². The van der Waals surface area contributed by atoms with E-state index in [1.807, 2.05) is 27.7 Å². The van der Waals surface area contributed by atoms with Crippen LogP contribution in [0.3, 0.4) is 0 Å². The number of hydrogen-bond donors (Lipinski definition) is 1. The van der Waals surface area contributed by atoms with Crippen LogP contribution in [0, 0.1) is 0 Å². The normalized spacial score (nSPS) is 10.8. The smallest absolute Gasteiger partial charge is 0.317 e. The number of urea groups is 1. The van der Waals surface area contributed by atoms with Crippen LogP contribution in [0.4, 0.5) is 4.79 Å². The van der Waals surface area contributed by atoms with E-state index < -0.39 is 0 Å². The van der Waals surface area contributed by atoms with Crippen LogP contribution in [0.2, 0.25) is 0 Å². The van der Waals surface area contributed by atoms with Crippen LogP contribution in [-0.4, -0.2) is 30.1 Å². The second kappa shape index (κ2) is 4.30. The molecule has 0 aromatic rings. The molecule has 0 radical (unpaired) electrons. The third-order valence-corrected chi connectivity index (χ3v) is 1.34. The number of likely N-dealkylation sites (N-methyl/N-ethyl adjacent to an activating group) is 1. The Morgan fingerprint density at radius 1 is 1.46 bits per heavy atom. The lowest BCUT2D eigenvalue weighted by molar-refractivity contribution is 0.203. The van der Waals surface area contributed by atoms with Crippen molar-refractivity contribution in [1.29, 1.82) is 0 Å². The Morgan fingerprint density at radius 2 is 1.92 bits per heavy atom. The second-order valence-electron chi connectivity index (χ2n) is 4.49. The van der Waals surface area contributed by atoms with E-state index in [4.69, 9.17) is 0 Å². The Bertz CT molecular complexity index is 203. The monoisotopic (exact) mass is 184 g/mol. The lowest BCUT2D eigenvalue weighted by Crippen LogP contribution is -2.47. The highest BCUT2D eigenvalue weighted by molar-refractivity contribution is 5.74. The highest BCUT2D eigenvalue weighted by atomic mass is 16.2. The molecule has 0 saturated heterocycles. The molecule has 0 unspecified atom stereocenters. The van der Waals surface area contributed by atoms with Crippen molar-refractivity contribution in [2.75, 3.05) is 13.6 Å². The summed E-state index contributed by atoms with van der Waals surface area (Å²) < 4.78 is 0. The molecule has 0 aromatic carbocycles. The number of nitrogens with zero attached hydrogens (tertiary/aromatic N) is 1. The van der Waals surface area contributed by atoms with Gasteiger partial charge in [-0.1, -0.05) is 12.2 Å². The highest BCUT2D eigenvalue weighted by Crippen LogP contribution is 2.01. The van der Waals surface area contributed by atoms with Gasteiger partial charge in [-0.25, -0.2) is 4.79 Å². The van der Waals surface area contributed by atoms with E-state index in [0.29, 0.717) is 6.54 Å². The van der Waals surface area contributed by atoms with Gasteiger partial charge in [0.15, 0.2) is 0 Å². The van der Waals surface area contributed by atoms with Gasteiger partial charge in [0.2, 0.25) is 0 Å². The average molecular weight is 184 g/mol. The molecule has 1 N–H and O–H groups in total. The first-order valence-corrected chi connectivity index (χ1v) is 4.40. The van der Waals surface area contributed by atoms with Gasteiger partial charge in [0.1, 0.15) is 0 Å². The first-order valence-electron chi connectivity index (χ1n) is 4.40. The molecule has 76 valence electrons. The molecular formula is C10H20N2O. The van der Waals surface area contributed by atoms with E-state index in [9.17, 15) is 4.79 Å². The van der Waals surface area contributed by atoms with E-state index >= 15 is 0 Å². The van der Waals surface area contributed by atoms with Crippen LogP contribution in [0.5, 0.6) is 0 Å². The Hall–Kier alpha value is -0.990. The molecule has 3 heteroatoms. The fraction of sp³-hybridized carbons (Fsp3) is 0.700. The minimum absolute atomic E-state index is 0.0597. The summed E-state index contributed by atoms with van der Waals surface area (Å²) in [6.45, 7) is 12.1. The molecule has 13 heavy (non-hydrogen) atoms. The lowest BCUT2D eigenvalue weighted by Gasteiger charge is -2.25. The van der Waals surface area contributed by atoms with Gasteiger partial charge in [-0.3, -0.25) is 0 Å². The molecule has 0 atom stereocenters. The summed E-state index contributed by atoms with van der Waals surface area (Å²) in [5, 5.41) is 2.87. The third kappa shape index (κ3) is 6.20. The number of carbonyl (C=O) groups excluding carboxylic acids is 1. The fourth-order valence-corrected chi connectivity index (χ4v) is 0.893. The maximum atomic E-state index is 11.5. The van der Waals surface area contributed by atoms with Crippen LogP contribution in [0.25, 0.3) is 0 Å². The minimum atomic E-state index is -0.180. The Morgan fingerprint density at radius 3 is 2.23 bits per heavy atom. The van der Waals surface area contributed by atoms with Gasteiger partial charge < -0.3 is 10.2 Å². The van der Waals surface area contributed by atoms with E-state index in [-0.39, 0.29) is 11.6 Å². The minimum Gasteiger partial charge on any atom is -0.333 e. The van der Waals surface area contributed by atoms with Gasteiger partial charge in [-0.2, -0.15) is 0 Å². The predicted octanol–water partition coefficient (Wildman–Crippen LogP) is 2.00. The number of amides is 2. The topological polar surface area (TPSA) is 32.3 Å². The van der Waals surface area contributed by atoms with E-state index in [2.05, 4.69) is 11.9 Å². The van der Waals surface area contributed by atoms with Crippen LogP contribution in [0.15, 0.2) is 12.2 Å². The molecule has 2 amide bonds. The molecule has 0 aliphatic rings. The summed E-state index contributed by atoms with van der Waals surface area (Å²) in [6, 6.07) is -0.0597. The Labute approximate surface area is 80.8 Å². The van der Waals surface area contributed by atoms with Crippen molar-refractivity contribution in [2.24, 2.45) is 0 Å². The van der Waals surface area contributed by atoms with Crippen molar-refractivity contribution in [3.05, 3.63) is 12.2 Å². The van der Waals surface area contributed by atoms with Crippen molar-refractivity contribution >= 4 is 6.03 Å². The van der Waals surface area contributed by atoms with Crippen LogP contribution in [0.1, 0.15) is 27.7 Å². The largest absolute Gasteiger partial charge is 0.333 e. The summed E-state index contributed by atoms with van der Waals surface area (Å²) in [4.78, 5) is 13.1. The molecule has 0 fully saturated rings. The van der Waals surface area contributed by atoms with Gasteiger partial charge in [-0.15, -0.1) is 0 Å². The quantitative estimate of drug-likeness (QED) is 0.654. The summed E-state index contributed by atoms with van der Waals surface area (Å²) in [6.07, 6.45) is 0. The Balaban J connectivity index is 4.05. The third-order valence-electron chi connectivity index (χ3n) is 1.34. The zero-order valence-electron chi connectivity index (χ0n) is 9.27. The van der Waals surface area contributed by atoms with Crippen molar-refractivity contribution < 1.29 is 4.79 Å². The highest BCUT2D eigenvalue weighted by Gasteiger charge is 2.16. The van der Waals surface area contributed by atoms with E-state index in [0.717, 1.165) is 5.57 Å². The summed E-state index contributed by atoms with van der Waals surface area (Å²) in [5.41, 5.74) is 0.798. The molecule has 0 aliphatic heterocycles. The van der Waals surface area contributed by atoms with Gasteiger partial charge in [-0.05, 0) is 27.7 Å². The zero-order valence-corrected chi connectivity index (χ0v) is 9.27. The SMILES string of the molecule is C=C(C)CN(C)C(=O)NC(C)(C)C. The van der Waals surface area contributed by atoms with Crippen molar-refractivity contribution in [3.63, 3.8) is 0 Å². The lowest BCUT2D eigenvalue weighted by atomic mass is 10.1. The van der Waals surface area contributed by atoms with Crippen LogP contribution >= 0.6 is 0 Å². The molecule has 0 aromatic heterocycles. The predicted molar refractivity (Wildman–Crippen MR) is 55.7 cm³/mol. The number of nitrogens with one attached hydrogen (secondary N) is 1. The number of carbonyl (C=O) groups is 1. The zero-order chi connectivity index (χ0) is 10.6. The van der Waals surface area contributed by atoms with Gasteiger partial charge >= 0.3 is 6.03 Å². The summed E-state index contributed by atoms with van der Waals surface area (Å²) in [5.74, 6) is 0. The van der Waals surface area contributed by atoms with Crippen molar-refractivity contribution in [2.45, 2.75) is 33.2 Å². The summed E-state index contributed by atoms with van der Waals surface area (Å²) in [7, 11) is 1.76. The van der Waals surface area contributed by atoms with Crippen LogP contribution in [-0.2, 0) is 0 Å². The molecule has 0 heterocycles. The number of rotatable bonds is 2. The molecule has 0 rings (SSSR count). The number of hydrogen-bond acceptors (Lipinski definition) is 1. The molecular weight excluding hydrogens is 164 g/mol. The standard InChI is InChI=1S/C10H20N2O/c1-8(2)7-12(6)9(13)11-10(3,4)5/h1,7H2,2-6H3,(H,11,13). The molecule has 0 spiro atoms. The Kier molecular flexibility index (Phi) is 3.98. The van der Waals surface area contributed by atoms with E-state index in [1.54, 1.807) is 11.9 Å². The maximum Gasteiger partial charge on any atom is 0.317 e. The molecule has 0 aliphatic carbocycles. The van der Waals surface area contributed by atoms with Gasteiger partial charge in [0.25, 0.3) is 0 Å². The maximum absolute atomic E-state index is 11.5. The van der Waals surface area contributed by atoms with Gasteiger partial charge in [0.05, 0.1) is 0 Å².